The molecule has 0 bridgehead atoms. The van der Waals surface area contributed by atoms with Crippen LogP contribution in [0.25, 0.3) is 11.5 Å². The molecule has 1 unspecified atom stereocenters. The van der Waals surface area contributed by atoms with E-state index in [1.165, 1.54) is 0 Å². The fourth-order valence-corrected chi connectivity index (χ4v) is 4.79. The van der Waals surface area contributed by atoms with Gasteiger partial charge < -0.3 is 24.3 Å². The third-order valence-electron chi connectivity index (χ3n) is 7.01. The molecule has 5 heterocycles. The minimum Gasteiger partial charge on any atom is -0.444 e. The number of pyridine rings is 1. The van der Waals surface area contributed by atoms with E-state index in [2.05, 4.69) is 43.7 Å². The van der Waals surface area contributed by atoms with Crippen LogP contribution in [-0.2, 0) is 20.7 Å². The minimum absolute atomic E-state index is 0.137. The molecule has 3 aliphatic rings. The Kier molecular flexibility index (Phi) is 7.13. The Labute approximate surface area is 215 Å². The SMILES string of the molecule is C=N/C(=C\C1=C(C)CCN(C(=O)OC2CCOC2)C1)C(=O)Nc1cccc(-c2nnc3n2[C@H](C)CC3)n1. The van der Waals surface area contributed by atoms with Crippen molar-refractivity contribution in [2.45, 2.75) is 51.7 Å². The maximum absolute atomic E-state index is 13.1. The standard InChI is InChI=1S/C26H31N7O4/c1-16-9-11-32(26(35)37-19-10-12-36-15-19)14-18(16)13-21(27-3)25(34)29-22-6-4-5-20(28-22)24-31-30-23-8-7-17(2)33(23)24/h4-6,13,17,19H,3,7-12,14-15H2,1-2H3,(H,28,29,34)/b21-13-/t17-,19?/m1/s1. The van der Waals surface area contributed by atoms with Crippen LogP contribution >= 0.6 is 0 Å². The van der Waals surface area contributed by atoms with Crippen molar-refractivity contribution >= 4 is 24.5 Å². The molecule has 11 nitrogen and oxygen atoms in total. The first-order valence-electron chi connectivity index (χ1n) is 12.6. The third kappa shape index (κ3) is 5.31. The number of carbonyl (C=O) groups is 2. The molecule has 2 atom stereocenters. The van der Waals surface area contributed by atoms with Crippen LogP contribution in [0.4, 0.5) is 10.6 Å². The smallest absolute Gasteiger partial charge is 0.410 e. The fraction of sp³-hybridized carbons (Fsp3) is 0.462. The summed E-state index contributed by atoms with van der Waals surface area (Å²) >= 11 is 0. The third-order valence-corrected chi connectivity index (χ3v) is 7.01. The van der Waals surface area contributed by atoms with Crippen molar-refractivity contribution in [3.8, 4) is 11.5 Å². The van der Waals surface area contributed by atoms with Crippen molar-refractivity contribution in [3.63, 3.8) is 0 Å². The first-order valence-corrected chi connectivity index (χ1v) is 12.6. The molecular formula is C26H31N7O4. The lowest BCUT2D eigenvalue weighted by molar-refractivity contribution is -0.112. The van der Waals surface area contributed by atoms with Crippen molar-refractivity contribution < 1.29 is 19.1 Å². The zero-order valence-corrected chi connectivity index (χ0v) is 21.1. The van der Waals surface area contributed by atoms with Crippen LogP contribution in [-0.4, -0.2) is 75.8 Å². The summed E-state index contributed by atoms with van der Waals surface area (Å²) in [6.45, 7) is 9.62. The van der Waals surface area contributed by atoms with Gasteiger partial charge in [0.2, 0.25) is 0 Å². The zero-order chi connectivity index (χ0) is 25.9. The van der Waals surface area contributed by atoms with E-state index in [4.69, 9.17) is 9.47 Å². The molecule has 1 N–H and O–H groups in total. The van der Waals surface area contributed by atoms with Gasteiger partial charge in [0.25, 0.3) is 5.91 Å². The molecule has 37 heavy (non-hydrogen) atoms. The highest BCUT2D eigenvalue weighted by atomic mass is 16.6. The highest BCUT2D eigenvalue weighted by Crippen LogP contribution is 2.30. The van der Waals surface area contributed by atoms with Crippen LogP contribution < -0.4 is 5.32 Å². The largest absolute Gasteiger partial charge is 0.444 e. The van der Waals surface area contributed by atoms with Crippen molar-refractivity contribution in [2.75, 3.05) is 31.6 Å². The first-order chi connectivity index (χ1) is 17.9. The molecule has 194 valence electrons. The summed E-state index contributed by atoms with van der Waals surface area (Å²) < 4.78 is 12.9. The number of ether oxygens (including phenoxy) is 2. The maximum atomic E-state index is 13.1. The first kappa shape index (κ1) is 24.8. The second-order valence-electron chi connectivity index (χ2n) is 9.59. The normalized spacial score (nSPS) is 21.7. The number of carbonyl (C=O) groups excluding carboxylic acids is 2. The van der Waals surface area contributed by atoms with Crippen LogP contribution in [0.1, 0.15) is 45.0 Å². The van der Waals surface area contributed by atoms with E-state index in [1.807, 2.05) is 19.1 Å². The Bertz CT molecular complexity index is 1280. The summed E-state index contributed by atoms with van der Waals surface area (Å²) in [6, 6.07) is 5.68. The quantitative estimate of drug-likeness (QED) is 0.472. The number of aryl methyl sites for hydroxylation is 1. The number of nitrogens with one attached hydrogen (secondary N) is 1. The lowest BCUT2D eigenvalue weighted by Crippen LogP contribution is -2.39. The molecule has 11 heteroatoms. The van der Waals surface area contributed by atoms with E-state index in [0.29, 0.717) is 62.5 Å². The highest BCUT2D eigenvalue weighted by Gasteiger charge is 2.27. The van der Waals surface area contributed by atoms with Gasteiger partial charge in [0.1, 0.15) is 29.1 Å². The monoisotopic (exact) mass is 505 g/mol. The number of aromatic nitrogens is 4. The van der Waals surface area contributed by atoms with E-state index < -0.39 is 5.91 Å². The predicted octanol–water partition coefficient (Wildman–Crippen LogP) is 3.32. The number of anilines is 1. The van der Waals surface area contributed by atoms with Gasteiger partial charge in [-0.3, -0.25) is 9.79 Å². The summed E-state index contributed by atoms with van der Waals surface area (Å²) in [5, 5.41) is 11.4. The van der Waals surface area contributed by atoms with E-state index in [1.54, 1.807) is 17.0 Å². The predicted molar refractivity (Wildman–Crippen MR) is 137 cm³/mol. The molecule has 0 radical (unpaired) electrons. The molecule has 1 saturated heterocycles. The van der Waals surface area contributed by atoms with Gasteiger partial charge in [0.15, 0.2) is 5.82 Å². The molecule has 3 aliphatic heterocycles. The molecule has 0 saturated carbocycles. The average Bonchev–Trinajstić information content (AvgIpc) is 3.64. The number of hydrogen-bond acceptors (Lipinski definition) is 8. The molecule has 5 rings (SSSR count). The second kappa shape index (κ2) is 10.6. The van der Waals surface area contributed by atoms with Gasteiger partial charge in [-0.1, -0.05) is 11.6 Å². The summed E-state index contributed by atoms with van der Waals surface area (Å²) in [4.78, 5) is 35.9. The summed E-state index contributed by atoms with van der Waals surface area (Å²) in [6.07, 6.45) is 4.39. The van der Waals surface area contributed by atoms with Gasteiger partial charge in [-0.2, -0.15) is 0 Å². The van der Waals surface area contributed by atoms with Crippen LogP contribution in [0.5, 0.6) is 0 Å². The molecular weight excluding hydrogens is 474 g/mol. The van der Waals surface area contributed by atoms with Crippen LogP contribution in [0, 0.1) is 0 Å². The van der Waals surface area contributed by atoms with Gasteiger partial charge in [0.05, 0.1) is 13.2 Å². The zero-order valence-electron chi connectivity index (χ0n) is 21.1. The van der Waals surface area contributed by atoms with Gasteiger partial charge >= 0.3 is 6.09 Å². The van der Waals surface area contributed by atoms with Crippen molar-refractivity contribution in [2.24, 2.45) is 4.99 Å². The van der Waals surface area contributed by atoms with Crippen LogP contribution in [0.3, 0.4) is 0 Å². The number of rotatable bonds is 6. The molecule has 0 spiro atoms. The van der Waals surface area contributed by atoms with E-state index in [9.17, 15) is 9.59 Å². The Hall–Kier alpha value is -3.86. The van der Waals surface area contributed by atoms with Crippen molar-refractivity contribution in [3.05, 3.63) is 46.9 Å². The number of fused-ring (bicyclic) bond motifs is 1. The fourth-order valence-electron chi connectivity index (χ4n) is 4.79. The lowest BCUT2D eigenvalue weighted by atomic mass is 10.0. The Balaban J connectivity index is 1.29. The summed E-state index contributed by atoms with van der Waals surface area (Å²) in [5.74, 6) is 1.57. The Morgan fingerprint density at radius 3 is 2.92 bits per heavy atom. The number of hydrogen-bond donors (Lipinski definition) is 1. The van der Waals surface area contributed by atoms with Crippen molar-refractivity contribution in [1.82, 2.24) is 24.6 Å². The topological polar surface area (TPSA) is 124 Å². The van der Waals surface area contributed by atoms with Gasteiger partial charge in [0, 0.05) is 32.0 Å². The molecule has 2 aromatic heterocycles. The van der Waals surface area contributed by atoms with Gasteiger partial charge in [-0.15, -0.1) is 10.2 Å². The molecule has 2 amide bonds. The van der Waals surface area contributed by atoms with Gasteiger partial charge in [-0.05, 0) is 57.2 Å². The highest BCUT2D eigenvalue weighted by molar-refractivity contribution is 6.03. The van der Waals surface area contributed by atoms with Crippen LogP contribution in [0.15, 0.2) is 46.1 Å². The summed E-state index contributed by atoms with van der Waals surface area (Å²) in [7, 11) is 0. The molecule has 0 aromatic carbocycles. The number of nitrogens with zero attached hydrogens (tertiary/aromatic N) is 6. The second-order valence-corrected chi connectivity index (χ2v) is 9.59. The van der Waals surface area contributed by atoms with E-state index in [0.717, 1.165) is 29.8 Å². The average molecular weight is 506 g/mol. The van der Waals surface area contributed by atoms with E-state index >= 15 is 0 Å². The number of amides is 2. The molecule has 1 fully saturated rings. The summed E-state index contributed by atoms with van der Waals surface area (Å²) in [5.41, 5.74) is 2.68. The molecule has 0 aliphatic carbocycles. The Morgan fingerprint density at radius 2 is 2.14 bits per heavy atom. The van der Waals surface area contributed by atoms with Gasteiger partial charge in [-0.25, -0.2) is 9.78 Å². The maximum Gasteiger partial charge on any atom is 0.410 e. The Morgan fingerprint density at radius 1 is 1.27 bits per heavy atom. The minimum atomic E-state index is -0.442. The van der Waals surface area contributed by atoms with Crippen LogP contribution in [0.2, 0.25) is 0 Å². The molecule has 2 aromatic rings. The van der Waals surface area contributed by atoms with E-state index in [-0.39, 0.29) is 17.9 Å². The number of aliphatic imine (C=N–C) groups is 1. The van der Waals surface area contributed by atoms with Crippen molar-refractivity contribution in [1.29, 1.82) is 0 Å². The lowest BCUT2D eigenvalue weighted by Gasteiger charge is -2.29.